The van der Waals surface area contributed by atoms with Gasteiger partial charge in [0.25, 0.3) is 5.91 Å². The Kier molecular flexibility index (Phi) is 7.32. The lowest BCUT2D eigenvalue weighted by Crippen LogP contribution is -2.25. The molecule has 1 aromatic heterocycles. The van der Waals surface area contributed by atoms with Crippen LogP contribution >= 0.6 is 0 Å². The summed E-state index contributed by atoms with van der Waals surface area (Å²) in [5.74, 6) is 1.34. The second-order valence-electron chi connectivity index (χ2n) is 6.97. The molecule has 0 aliphatic rings. The number of hydrogen-bond donors (Lipinski definition) is 2. The summed E-state index contributed by atoms with van der Waals surface area (Å²) < 4.78 is 12.8. The number of benzene rings is 2. The lowest BCUT2D eigenvalue weighted by atomic mass is 10.2. The van der Waals surface area contributed by atoms with E-state index in [-0.39, 0.29) is 12.5 Å². The minimum atomic E-state index is -0.237. The van der Waals surface area contributed by atoms with Crippen LogP contribution in [0.5, 0.6) is 11.5 Å². The van der Waals surface area contributed by atoms with Crippen LogP contribution < -0.4 is 20.2 Å². The van der Waals surface area contributed by atoms with E-state index in [1.807, 2.05) is 75.4 Å². The van der Waals surface area contributed by atoms with Crippen molar-refractivity contribution in [3.05, 3.63) is 71.5 Å². The zero-order chi connectivity index (χ0) is 22.2. The fourth-order valence-corrected chi connectivity index (χ4v) is 3.30. The SMILES string of the molecule is CCOc1ccc(-n2c(C)cc(/C=N\NC(=O)CNc3cccc(OC)c3)c2C)cc1. The number of carbonyl (C=O) groups is 1. The standard InChI is InChI=1S/C24H28N4O3/c1-5-31-22-11-9-21(10-12-22)28-17(2)13-19(18(28)3)15-26-27-24(29)16-25-20-7-6-8-23(14-20)30-4/h6-15,25H,5,16H2,1-4H3,(H,27,29)/b26-15-. The number of hydrazone groups is 1. The van der Waals surface area contributed by atoms with Crippen molar-refractivity contribution in [1.29, 1.82) is 0 Å². The number of aryl methyl sites for hydroxylation is 1. The number of methoxy groups -OCH3 is 1. The highest BCUT2D eigenvalue weighted by Crippen LogP contribution is 2.22. The van der Waals surface area contributed by atoms with Crippen LogP contribution in [0.15, 0.2) is 59.7 Å². The average Bonchev–Trinajstić information content (AvgIpc) is 3.06. The number of nitrogens with zero attached hydrogens (tertiary/aromatic N) is 2. The molecule has 1 amide bonds. The normalized spacial score (nSPS) is 10.8. The highest BCUT2D eigenvalue weighted by Gasteiger charge is 2.10. The maximum Gasteiger partial charge on any atom is 0.259 e. The number of carbonyl (C=O) groups excluding carboxylic acids is 1. The number of anilines is 1. The van der Waals surface area contributed by atoms with Gasteiger partial charge >= 0.3 is 0 Å². The Hall–Kier alpha value is -3.74. The first-order valence-electron chi connectivity index (χ1n) is 10.1. The predicted molar refractivity (Wildman–Crippen MR) is 124 cm³/mol. The van der Waals surface area contributed by atoms with Crippen LogP contribution in [0.4, 0.5) is 5.69 Å². The third-order valence-corrected chi connectivity index (χ3v) is 4.79. The quantitative estimate of drug-likeness (QED) is 0.404. The van der Waals surface area contributed by atoms with Crippen LogP contribution in [-0.4, -0.2) is 37.0 Å². The molecule has 0 unspecified atom stereocenters. The summed E-state index contributed by atoms with van der Waals surface area (Å²) in [6.07, 6.45) is 1.66. The van der Waals surface area contributed by atoms with Crippen molar-refractivity contribution in [3.8, 4) is 17.2 Å². The second-order valence-corrected chi connectivity index (χ2v) is 6.97. The number of aromatic nitrogens is 1. The molecule has 0 radical (unpaired) electrons. The van der Waals surface area contributed by atoms with Gasteiger partial charge in [-0.1, -0.05) is 6.07 Å². The lowest BCUT2D eigenvalue weighted by Gasteiger charge is -2.11. The molecule has 0 saturated heterocycles. The third kappa shape index (κ3) is 5.66. The highest BCUT2D eigenvalue weighted by atomic mass is 16.5. The van der Waals surface area contributed by atoms with E-state index in [1.54, 1.807) is 13.3 Å². The molecule has 2 aromatic carbocycles. The van der Waals surface area contributed by atoms with Gasteiger partial charge in [-0.2, -0.15) is 5.10 Å². The number of nitrogens with one attached hydrogen (secondary N) is 2. The van der Waals surface area contributed by atoms with Gasteiger partial charge in [0.1, 0.15) is 11.5 Å². The molecule has 0 spiro atoms. The molecule has 0 fully saturated rings. The molecule has 7 nitrogen and oxygen atoms in total. The molecule has 7 heteroatoms. The summed E-state index contributed by atoms with van der Waals surface area (Å²) in [5.41, 5.74) is 7.46. The molecule has 0 atom stereocenters. The van der Waals surface area contributed by atoms with E-state index in [2.05, 4.69) is 20.4 Å². The molecule has 0 saturated carbocycles. The summed E-state index contributed by atoms with van der Waals surface area (Å²) >= 11 is 0. The van der Waals surface area contributed by atoms with Crippen molar-refractivity contribution in [2.45, 2.75) is 20.8 Å². The summed E-state index contributed by atoms with van der Waals surface area (Å²) in [5, 5.41) is 7.16. The van der Waals surface area contributed by atoms with Crippen molar-refractivity contribution in [3.63, 3.8) is 0 Å². The molecule has 2 N–H and O–H groups in total. The van der Waals surface area contributed by atoms with E-state index < -0.39 is 0 Å². The molecule has 162 valence electrons. The first kappa shape index (κ1) is 22.0. The van der Waals surface area contributed by atoms with E-state index in [9.17, 15) is 4.79 Å². The predicted octanol–water partition coefficient (Wildman–Crippen LogP) is 4.06. The first-order valence-corrected chi connectivity index (χ1v) is 10.1. The van der Waals surface area contributed by atoms with Gasteiger partial charge in [-0.25, -0.2) is 5.43 Å². The first-order chi connectivity index (χ1) is 15.0. The molecule has 0 bridgehead atoms. The Morgan fingerprint density at radius 2 is 1.87 bits per heavy atom. The number of hydrogen-bond acceptors (Lipinski definition) is 5. The van der Waals surface area contributed by atoms with Crippen molar-refractivity contribution >= 4 is 17.8 Å². The maximum absolute atomic E-state index is 12.1. The van der Waals surface area contributed by atoms with Crippen molar-refractivity contribution in [1.82, 2.24) is 9.99 Å². The van der Waals surface area contributed by atoms with E-state index in [0.717, 1.165) is 39.8 Å². The van der Waals surface area contributed by atoms with E-state index in [0.29, 0.717) is 6.61 Å². The molecule has 0 aliphatic carbocycles. The number of amides is 1. The van der Waals surface area contributed by atoms with Gasteiger partial charge in [0.15, 0.2) is 0 Å². The average molecular weight is 421 g/mol. The Bertz CT molecular complexity index is 1060. The fourth-order valence-electron chi connectivity index (χ4n) is 3.30. The van der Waals surface area contributed by atoms with Crippen molar-refractivity contribution < 1.29 is 14.3 Å². The summed E-state index contributed by atoms with van der Waals surface area (Å²) in [7, 11) is 1.60. The van der Waals surface area contributed by atoms with Crippen molar-refractivity contribution in [2.24, 2.45) is 5.10 Å². The highest BCUT2D eigenvalue weighted by molar-refractivity contribution is 5.85. The molecule has 31 heavy (non-hydrogen) atoms. The third-order valence-electron chi connectivity index (χ3n) is 4.79. The van der Waals surface area contributed by atoms with E-state index >= 15 is 0 Å². The smallest absolute Gasteiger partial charge is 0.259 e. The van der Waals surface area contributed by atoms with Crippen LogP contribution in [0.25, 0.3) is 5.69 Å². The minimum Gasteiger partial charge on any atom is -0.497 e. The Labute approximate surface area is 182 Å². The minimum absolute atomic E-state index is 0.107. The molecular weight excluding hydrogens is 392 g/mol. The number of rotatable bonds is 9. The van der Waals surface area contributed by atoms with Crippen molar-refractivity contribution in [2.75, 3.05) is 25.6 Å². The van der Waals surface area contributed by atoms with Gasteiger partial charge in [0.2, 0.25) is 0 Å². The topological polar surface area (TPSA) is 76.9 Å². The van der Waals surface area contributed by atoms with Gasteiger partial charge in [-0.3, -0.25) is 4.79 Å². The zero-order valence-electron chi connectivity index (χ0n) is 18.3. The van der Waals surface area contributed by atoms with Gasteiger partial charge in [-0.05, 0) is 63.2 Å². The molecular formula is C24H28N4O3. The lowest BCUT2D eigenvalue weighted by molar-refractivity contribution is -0.119. The van der Waals surface area contributed by atoms with Crippen LogP contribution in [0.2, 0.25) is 0 Å². The monoisotopic (exact) mass is 420 g/mol. The molecule has 0 aliphatic heterocycles. The maximum atomic E-state index is 12.1. The van der Waals surface area contributed by atoms with Gasteiger partial charge in [-0.15, -0.1) is 0 Å². The zero-order valence-corrected chi connectivity index (χ0v) is 18.3. The fraction of sp³-hybridized carbons (Fsp3) is 0.250. The second kappa shape index (κ2) is 10.3. The van der Waals surface area contributed by atoms with Gasteiger partial charge < -0.3 is 19.4 Å². The summed E-state index contributed by atoms with van der Waals surface area (Å²) in [6, 6.07) is 17.4. The van der Waals surface area contributed by atoms with Gasteiger partial charge in [0, 0.05) is 34.4 Å². The Morgan fingerprint density at radius 3 is 2.58 bits per heavy atom. The van der Waals surface area contributed by atoms with Gasteiger partial charge in [0.05, 0.1) is 26.5 Å². The van der Waals surface area contributed by atoms with Crippen LogP contribution in [-0.2, 0) is 4.79 Å². The molecule has 1 heterocycles. The van der Waals surface area contributed by atoms with E-state index in [4.69, 9.17) is 9.47 Å². The van der Waals surface area contributed by atoms with Crippen LogP contribution in [0, 0.1) is 13.8 Å². The molecule has 3 rings (SSSR count). The molecule has 3 aromatic rings. The largest absolute Gasteiger partial charge is 0.497 e. The summed E-state index contributed by atoms with van der Waals surface area (Å²) in [6.45, 7) is 6.78. The Balaban J connectivity index is 1.60. The Morgan fingerprint density at radius 1 is 1.10 bits per heavy atom. The van der Waals surface area contributed by atoms with Crippen LogP contribution in [0.1, 0.15) is 23.9 Å². The summed E-state index contributed by atoms with van der Waals surface area (Å²) in [4.78, 5) is 12.1. The van der Waals surface area contributed by atoms with E-state index in [1.165, 1.54) is 0 Å². The van der Waals surface area contributed by atoms with Crippen LogP contribution in [0.3, 0.4) is 0 Å². The number of ether oxygens (including phenoxy) is 2.